The van der Waals surface area contributed by atoms with Crippen LogP contribution in [-0.4, -0.2) is 31.4 Å². The van der Waals surface area contributed by atoms with Crippen molar-refractivity contribution >= 4 is 10.9 Å². The highest BCUT2D eigenvalue weighted by Gasteiger charge is 2.28. The molecule has 0 aliphatic carbocycles. The molecular weight excluding hydrogens is 290 g/mol. The van der Waals surface area contributed by atoms with E-state index in [9.17, 15) is 4.79 Å². The van der Waals surface area contributed by atoms with Crippen LogP contribution in [0.3, 0.4) is 0 Å². The van der Waals surface area contributed by atoms with Crippen LogP contribution in [0.1, 0.15) is 30.5 Å². The Morgan fingerprint density at radius 2 is 2.00 bits per heavy atom. The van der Waals surface area contributed by atoms with Gasteiger partial charge in [-0.3, -0.25) is 9.69 Å². The number of aromatic amines is 1. The lowest BCUT2D eigenvalue weighted by Gasteiger charge is -2.22. The van der Waals surface area contributed by atoms with Gasteiger partial charge in [0.2, 0.25) is 0 Å². The fraction of sp³-hybridized carbons (Fsp3) is 0.294. The van der Waals surface area contributed by atoms with Crippen LogP contribution in [0, 0.1) is 0 Å². The summed E-state index contributed by atoms with van der Waals surface area (Å²) < 4.78 is 0. The topological polar surface area (TPSA) is 74.8 Å². The molecule has 6 heteroatoms. The number of nitrogens with zero attached hydrogens (tertiary/aromatic N) is 4. The fourth-order valence-electron chi connectivity index (χ4n) is 3.18. The van der Waals surface area contributed by atoms with Crippen LogP contribution in [0.2, 0.25) is 0 Å². The zero-order valence-corrected chi connectivity index (χ0v) is 12.6. The normalized spacial score (nSPS) is 18.5. The number of aromatic nitrogens is 4. The van der Waals surface area contributed by atoms with Crippen LogP contribution in [0.5, 0.6) is 0 Å². The Morgan fingerprint density at radius 3 is 2.87 bits per heavy atom. The SMILES string of the molecule is O=c1[nH]c(C2CCCN2Cc2ncccn2)nc2ccccc12. The van der Waals surface area contributed by atoms with Crippen molar-refractivity contribution in [1.29, 1.82) is 0 Å². The van der Waals surface area contributed by atoms with Gasteiger partial charge >= 0.3 is 0 Å². The number of H-pyrrole nitrogens is 1. The third-order valence-electron chi connectivity index (χ3n) is 4.27. The van der Waals surface area contributed by atoms with Crippen LogP contribution in [0.15, 0.2) is 47.5 Å². The van der Waals surface area contributed by atoms with E-state index < -0.39 is 0 Å². The number of benzene rings is 1. The van der Waals surface area contributed by atoms with E-state index in [1.165, 1.54) is 0 Å². The molecule has 1 atom stereocenters. The van der Waals surface area contributed by atoms with E-state index in [0.717, 1.165) is 36.6 Å². The maximum atomic E-state index is 12.3. The van der Waals surface area contributed by atoms with Crippen molar-refractivity contribution < 1.29 is 0 Å². The highest BCUT2D eigenvalue weighted by atomic mass is 16.1. The standard InChI is InChI=1S/C17H17N5O/c23-17-12-5-1-2-6-13(12)20-16(21-17)14-7-3-10-22(14)11-15-18-8-4-9-19-15/h1-2,4-6,8-9,14H,3,7,10-11H2,(H,20,21,23). The summed E-state index contributed by atoms with van der Waals surface area (Å²) in [5, 5.41) is 0.632. The minimum Gasteiger partial charge on any atom is -0.309 e. The molecule has 116 valence electrons. The van der Waals surface area contributed by atoms with E-state index in [0.29, 0.717) is 11.9 Å². The summed E-state index contributed by atoms with van der Waals surface area (Å²) in [6, 6.07) is 9.36. The minimum absolute atomic E-state index is 0.0755. The molecule has 1 aromatic carbocycles. The third kappa shape index (κ3) is 2.73. The first-order valence-corrected chi connectivity index (χ1v) is 7.80. The second-order valence-corrected chi connectivity index (χ2v) is 5.76. The average molecular weight is 307 g/mol. The summed E-state index contributed by atoms with van der Waals surface area (Å²) in [4.78, 5) is 30.8. The Kier molecular flexibility index (Phi) is 3.59. The number of hydrogen-bond acceptors (Lipinski definition) is 5. The quantitative estimate of drug-likeness (QED) is 0.801. The van der Waals surface area contributed by atoms with E-state index in [1.54, 1.807) is 18.5 Å². The third-order valence-corrected chi connectivity index (χ3v) is 4.27. The number of rotatable bonds is 3. The molecule has 1 aliphatic rings. The molecule has 3 heterocycles. The van der Waals surface area contributed by atoms with Crippen molar-refractivity contribution in [3.05, 3.63) is 64.7 Å². The van der Waals surface area contributed by atoms with E-state index in [4.69, 9.17) is 0 Å². The molecule has 0 radical (unpaired) electrons. The molecule has 1 N–H and O–H groups in total. The van der Waals surface area contributed by atoms with Gasteiger partial charge in [0.25, 0.3) is 5.56 Å². The molecule has 2 aromatic heterocycles. The lowest BCUT2D eigenvalue weighted by Crippen LogP contribution is -2.27. The molecule has 3 aromatic rings. The van der Waals surface area contributed by atoms with Crippen molar-refractivity contribution in [3.63, 3.8) is 0 Å². The molecule has 1 saturated heterocycles. The van der Waals surface area contributed by atoms with Gasteiger partial charge in [-0.2, -0.15) is 0 Å². The summed E-state index contributed by atoms with van der Waals surface area (Å²) in [7, 11) is 0. The molecular formula is C17H17N5O. The second kappa shape index (κ2) is 5.89. The van der Waals surface area contributed by atoms with Crippen molar-refractivity contribution in [1.82, 2.24) is 24.8 Å². The van der Waals surface area contributed by atoms with Crippen LogP contribution in [0.4, 0.5) is 0 Å². The van der Waals surface area contributed by atoms with Gasteiger partial charge in [0, 0.05) is 12.4 Å². The minimum atomic E-state index is -0.0755. The summed E-state index contributed by atoms with van der Waals surface area (Å²) in [6.45, 7) is 1.63. The molecule has 1 aliphatic heterocycles. The van der Waals surface area contributed by atoms with Crippen LogP contribution in [-0.2, 0) is 6.54 Å². The molecule has 0 bridgehead atoms. The molecule has 0 amide bonds. The van der Waals surface area contributed by atoms with Crippen molar-refractivity contribution in [2.24, 2.45) is 0 Å². The van der Waals surface area contributed by atoms with Crippen molar-refractivity contribution in [2.45, 2.75) is 25.4 Å². The molecule has 0 spiro atoms. The Hall–Kier alpha value is -2.60. The predicted octanol–water partition coefficient (Wildman–Crippen LogP) is 2.05. The number of hydrogen-bond donors (Lipinski definition) is 1. The molecule has 4 rings (SSSR count). The maximum Gasteiger partial charge on any atom is 0.258 e. The van der Waals surface area contributed by atoms with Crippen LogP contribution < -0.4 is 5.56 Å². The number of likely N-dealkylation sites (tertiary alicyclic amines) is 1. The highest BCUT2D eigenvalue weighted by Crippen LogP contribution is 2.30. The maximum absolute atomic E-state index is 12.3. The average Bonchev–Trinajstić information content (AvgIpc) is 3.04. The Balaban J connectivity index is 1.67. The molecule has 23 heavy (non-hydrogen) atoms. The fourth-order valence-corrected chi connectivity index (χ4v) is 3.18. The molecule has 1 unspecified atom stereocenters. The van der Waals surface area contributed by atoms with E-state index in [-0.39, 0.29) is 11.6 Å². The highest BCUT2D eigenvalue weighted by molar-refractivity contribution is 5.77. The van der Waals surface area contributed by atoms with Gasteiger partial charge in [-0.05, 0) is 37.6 Å². The largest absolute Gasteiger partial charge is 0.309 e. The van der Waals surface area contributed by atoms with E-state index >= 15 is 0 Å². The van der Waals surface area contributed by atoms with Crippen molar-refractivity contribution in [2.75, 3.05) is 6.54 Å². The first-order valence-electron chi connectivity index (χ1n) is 7.80. The number of para-hydroxylation sites is 1. The zero-order chi connectivity index (χ0) is 15.6. The number of fused-ring (bicyclic) bond motifs is 1. The molecule has 1 fully saturated rings. The smallest absolute Gasteiger partial charge is 0.258 e. The number of nitrogens with one attached hydrogen (secondary N) is 1. The predicted molar refractivity (Wildman–Crippen MR) is 86.8 cm³/mol. The Bertz CT molecular complexity index is 877. The summed E-state index contributed by atoms with van der Waals surface area (Å²) in [6.07, 6.45) is 5.56. The van der Waals surface area contributed by atoms with Gasteiger partial charge in [-0.25, -0.2) is 15.0 Å². The lowest BCUT2D eigenvalue weighted by molar-refractivity contribution is 0.234. The van der Waals surface area contributed by atoms with Gasteiger partial charge in [0.05, 0.1) is 23.5 Å². The van der Waals surface area contributed by atoms with E-state index in [1.807, 2.05) is 24.3 Å². The van der Waals surface area contributed by atoms with Gasteiger partial charge in [-0.1, -0.05) is 12.1 Å². The van der Waals surface area contributed by atoms with Crippen LogP contribution >= 0.6 is 0 Å². The van der Waals surface area contributed by atoms with Gasteiger partial charge < -0.3 is 4.98 Å². The zero-order valence-electron chi connectivity index (χ0n) is 12.6. The monoisotopic (exact) mass is 307 g/mol. The summed E-state index contributed by atoms with van der Waals surface area (Å²) in [5.74, 6) is 1.53. The van der Waals surface area contributed by atoms with Gasteiger partial charge in [0.15, 0.2) is 0 Å². The molecule has 6 nitrogen and oxygen atoms in total. The Morgan fingerprint density at radius 1 is 1.17 bits per heavy atom. The van der Waals surface area contributed by atoms with Gasteiger partial charge in [0.1, 0.15) is 11.6 Å². The summed E-state index contributed by atoms with van der Waals surface area (Å²) >= 11 is 0. The molecule has 0 saturated carbocycles. The van der Waals surface area contributed by atoms with Crippen molar-refractivity contribution in [3.8, 4) is 0 Å². The van der Waals surface area contributed by atoms with E-state index in [2.05, 4.69) is 24.8 Å². The second-order valence-electron chi connectivity index (χ2n) is 5.76. The Labute approximate surface area is 133 Å². The van der Waals surface area contributed by atoms with Crippen LogP contribution in [0.25, 0.3) is 10.9 Å². The van der Waals surface area contributed by atoms with Gasteiger partial charge in [-0.15, -0.1) is 0 Å². The first-order chi connectivity index (χ1) is 11.3. The lowest BCUT2D eigenvalue weighted by atomic mass is 10.2. The first kappa shape index (κ1) is 14.0. The summed E-state index contributed by atoms with van der Waals surface area (Å²) in [5.41, 5.74) is 0.669.